The van der Waals surface area contributed by atoms with E-state index in [0.717, 1.165) is 7.11 Å². The molecular weight excluding hydrogens is 284 g/mol. The molecule has 110 valence electrons. The lowest BCUT2D eigenvalue weighted by molar-refractivity contribution is -0.149. The highest BCUT2D eigenvalue weighted by Crippen LogP contribution is 2.17. The van der Waals surface area contributed by atoms with Gasteiger partial charge in [-0.25, -0.2) is 9.78 Å². The van der Waals surface area contributed by atoms with Crippen LogP contribution in [0.4, 0.5) is 0 Å². The molecule has 0 fully saturated rings. The topological polar surface area (TPSA) is 88.5 Å². The second-order valence-electron chi connectivity index (χ2n) is 4.51. The number of aromatic nitrogens is 1. The molecule has 1 unspecified atom stereocenters. The first kappa shape index (κ1) is 16.4. The van der Waals surface area contributed by atoms with Crippen LogP contribution in [0.15, 0.2) is 12.1 Å². The van der Waals surface area contributed by atoms with Gasteiger partial charge in [0.05, 0.1) is 13.7 Å². The quantitative estimate of drug-likeness (QED) is 0.628. The highest BCUT2D eigenvalue weighted by molar-refractivity contribution is 6.29. The van der Waals surface area contributed by atoms with E-state index in [1.165, 1.54) is 6.07 Å². The van der Waals surface area contributed by atoms with Crippen molar-refractivity contribution in [3.63, 3.8) is 0 Å². The van der Waals surface area contributed by atoms with E-state index in [2.05, 4.69) is 15.0 Å². The first-order chi connectivity index (χ1) is 9.35. The summed E-state index contributed by atoms with van der Waals surface area (Å²) in [5, 5.41) is 12.0. The zero-order chi connectivity index (χ0) is 15.3. The van der Waals surface area contributed by atoms with E-state index in [1.807, 2.05) is 13.8 Å². The molecule has 0 aliphatic rings. The van der Waals surface area contributed by atoms with Gasteiger partial charge in [-0.15, -0.1) is 0 Å². The minimum atomic E-state index is -1.40. The number of carbonyl (C=O) groups excluding carboxylic acids is 2. The number of aliphatic hydroxyl groups excluding tert-OH is 1. The normalized spacial score (nSPS) is 12.1. The fourth-order valence-corrected chi connectivity index (χ4v) is 1.67. The number of hydrogen-bond acceptors (Lipinski definition) is 5. The summed E-state index contributed by atoms with van der Waals surface area (Å²) in [4.78, 5) is 27.0. The van der Waals surface area contributed by atoms with Crippen molar-refractivity contribution in [2.24, 2.45) is 0 Å². The molecule has 1 aromatic rings. The van der Waals surface area contributed by atoms with Crippen molar-refractivity contribution in [1.29, 1.82) is 0 Å². The third kappa shape index (κ3) is 4.47. The number of pyridine rings is 1. The molecule has 20 heavy (non-hydrogen) atoms. The van der Waals surface area contributed by atoms with E-state index in [4.69, 9.17) is 11.6 Å². The van der Waals surface area contributed by atoms with Crippen molar-refractivity contribution in [2.75, 3.05) is 13.7 Å². The minimum Gasteiger partial charge on any atom is -0.467 e. The summed E-state index contributed by atoms with van der Waals surface area (Å²) in [5.74, 6) is -1.12. The molecule has 1 amide bonds. The Bertz CT molecular complexity index is 505. The first-order valence-corrected chi connectivity index (χ1v) is 6.44. The molecule has 1 rings (SSSR count). The van der Waals surface area contributed by atoms with Crippen LogP contribution in [-0.4, -0.2) is 41.7 Å². The van der Waals surface area contributed by atoms with E-state index < -0.39 is 18.0 Å². The van der Waals surface area contributed by atoms with E-state index in [1.54, 1.807) is 6.07 Å². The average Bonchev–Trinajstić information content (AvgIpc) is 2.42. The molecule has 1 atom stereocenters. The van der Waals surface area contributed by atoms with Crippen LogP contribution in [0.3, 0.4) is 0 Å². The van der Waals surface area contributed by atoms with Crippen LogP contribution in [0.25, 0.3) is 0 Å². The minimum absolute atomic E-state index is 0.126. The summed E-state index contributed by atoms with van der Waals surface area (Å²) in [6.45, 7) is 3.63. The van der Waals surface area contributed by atoms with Crippen molar-refractivity contribution >= 4 is 23.5 Å². The lowest BCUT2D eigenvalue weighted by Gasteiger charge is -2.11. The van der Waals surface area contributed by atoms with Crippen LogP contribution in [0, 0.1) is 0 Å². The van der Waals surface area contributed by atoms with Gasteiger partial charge in [0.1, 0.15) is 5.15 Å². The maximum atomic E-state index is 11.9. The molecule has 1 heterocycles. The summed E-state index contributed by atoms with van der Waals surface area (Å²) < 4.78 is 4.35. The molecule has 0 bridgehead atoms. The third-order valence-electron chi connectivity index (χ3n) is 2.60. The molecule has 0 aliphatic heterocycles. The third-order valence-corrected chi connectivity index (χ3v) is 2.79. The predicted octanol–water partition coefficient (Wildman–Crippen LogP) is 1.12. The number of carbonyl (C=O) groups is 2. The molecule has 0 saturated carbocycles. The smallest absolute Gasteiger partial charge is 0.336 e. The Labute approximate surface area is 122 Å². The molecule has 2 N–H and O–H groups in total. The van der Waals surface area contributed by atoms with E-state index in [9.17, 15) is 14.7 Å². The molecular formula is C13H17ClN2O4. The van der Waals surface area contributed by atoms with Gasteiger partial charge >= 0.3 is 5.97 Å². The van der Waals surface area contributed by atoms with Crippen LogP contribution >= 0.6 is 11.6 Å². The van der Waals surface area contributed by atoms with Gasteiger partial charge in [0.2, 0.25) is 0 Å². The highest BCUT2D eigenvalue weighted by atomic mass is 35.5. The number of halogens is 1. The molecule has 0 saturated heterocycles. The van der Waals surface area contributed by atoms with Crippen LogP contribution < -0.4 is 5.32 Å². The molecule has 0 spiro atoms. The highest BCUT2D eigenvalue weighted by Gasteiger charge is 2.17. The Morgan fingerprint density at radius 3 is 2.65 bits per heavy atom. The summed E-state index contributed by atoms with van der Waals surface area (Å²) in [5.41, 5.74) is 1.02. The number of amides is 1. The standard InChI is InChI=1S/C13H17ClN2O4/c1-7(2)9-4-8(5-11(14)16-9)12(18)15-6-10(17)13(19)20-3/h4-5,7,10,17H,6H2,1-3H3,(H,15,18). The fourth-order valence-electron chi connectivity index (χ4n) is 1.45. The number of esters is 1. The monoisotopic (exact) mass is 300 g/mol. The number of rotatable bonds is 5. The number of nitrogens with zero attached hydrogens (tertiary/aromatic N) is 1. The van der Waals surface area contributed by atoms with Gasteiger partial charge < -0.3 is 15.2 Å². The average molecular weight is 301 g/mol. The van der Waals surface area contributed by atoms with E-state index in [-0.39, 0.29) is 17.6 Å². The van der Waals surface area contributed by atoms with Gasteiger partial charge in [0, 0.05) is 11.3 Å². The molecule has 0 aromatic carbocycles. The zero-order valence-electron chi connectivity index (χ0n) is 11.5. The van der Waals surface area contributed by atoms with Crippen LogP contribution in [0.1, 0.15) is 35.8 Å². The Morgan fingerprint density at radius 1 is 1.45 bits per heavy atom. The Kier molecular flexibility index (Phi) is 5.91. The van der Waals surface area contributed by atoms with Gasteiger partial charge in [0.25, 0.3) is 5.91 Å². The van der Waals surface area contributed by atoms with Crippen molar-refractivity contribution in [3.8, 4) is 0 Å². The van der Waals surface area contributed by atoms with Gasteiger partial charge in [-0.2, -0.15) is 0 Å². The SMILES string of the molecule is COC(=O)C(O)CNC(=O)c1cc(Cl)nc(C(C)C)c1. The van der Waals surface area contributed by atoms with Gasteiger partial charge in [-0.3, -0.25) is 4.79 Å². The summed E-state index contributed by atoms with van der Waals surface area (Å²) in [7, 11) is 1.16. The van der Waals surface area contributed by atoms with Gasteiger partial charge in [-0.1, -0.05) is 25.4 Å². The molecule has 7 heteroatoms. The van der Waals surface area contributed by atoms with Crippen molar-refractivity contribution in [2.45, 2.75) is 25.9 Å². The molecule has 1 aromatic heterocycles. The first-order valence-electron chi connectivity index (χ1n) is 6.06. The Balaban J connectivity index is 2.75. The molecule has 0 aliphatic carbocycles. The van der Waals surface area contributed by atoms with Gasteiger partial charge in [0.15, 0.2) is 6.10 Å². The van der Waals surface area contributed by atoms with Gasteiger partial charge in [-0.05, 0) is 18.1 Å². The molecule has 6 nitrogen and oxygen atoms in total. The lowest BCUT2D eigenvalue weighted by Crippen LogP contribution is -2.37. The number of methoxy groups -OCH3 is 1. The van der Waals surface area contributed by atoms with Crippen molar-refractivity contribution in [1.82, 2.24) is 10.3 Å². The van der Waals surface area contributed by atoms with E-state index >= 15 is 0 Å². The maximum Gasteiger partial charge on any atom is 0.336 e. The number of nitrogens with one attached hydrogen (secondary N) is 1. The van der Waals surface area contributed by atoms with E-state index in [0.29, 0.717) is 11.3 Å². The fraction of sp³-hybridized carbons (Fsp3) is 0.462. The largest absolute Gasteiger partial charge is 0.467 e. The maximum absolute atomic E-state index is 11.9. The van der Waals surface area contributed by atoms with Crippen molar-refractivity contribution < 1.29 is 19.4 Å². The second kappa shape index (κ2) is 7.21. The second-order valence-corrected chi connectivity index (χ2v) is 4.89. The predicted molar refractivity (Wildman–Crippen MR) is 73.7 cm³/mol. The molecule has 0 radical (unpaired) electrons. The number of aliphatic hydroxyl groups is 1. The summed E-state index contributed by atoms with van der Waals surface area (Å²) >= 11 is 5.86. The lowest BCUT2D eigenvalue weighted by atomic mass is 10.1. The summed E-state index contributed by atoms with van der Waals surface area (Å²) in [6.07, 6.45) is -1.40. The Morgan fingerprint density at radius 2 is 2.10 bits per heavy atom. The van der Waals surface area contributed by atoms with Crippen LogP contribution in [0.2, 0.25) is 5.15 Å². The van der Waals surface area contributed by atoms with Crippen LogP contribution in [0.5, 0.6) is 0 Å². The van der Waals surface area contributed by atoms with Crippen molar-refractivity contribution in [3.05, 3.63) is 28.5 Å². The number of hydrogen-bond donors (Lipinski definition) is 2. The zero-order valence-corrected chi connectivity index (χ0v) is 12.3. The summed E-state index contributed by atoms with van der Waals surface area (Å²) in [6, 6.07) is 3.05. The number of ether oxygens (including phenoxy) is 1. The van der Waals surface area contributed by atoms with Crippen LogP contribution in [-0.2, 0) is 9.53 Å². The Hall–Kier alpha value is -1.66.